The van der Waals surface area contributed by atoms with Crippen molar-refractivity contribution in [1.29, 1.82) is 0 Å². The molecule has 5 heteroatoms. The Balaban J connectivity index is 3.59. The third kappa shape index (κ3) is 8.41. The molecule has 0 aliphatic carbocycles. The van der Waals surface area contributed by atoms with Gasteiger partial charge in [-0.25, -0.2) is 0 Å². The molecule has 0 N–H and O–H groups in total. The molecule has 1 aromatic carbocycles. The molecule has 0 aromatic heterocycles. The van der Waals surface area contributed by atoms with Crippen molar-refractivity contribution in [3.8, 4) is 0 Å². The molecule has 0 spiro atoms. The van der Waals surface area contributed by atoms with Crippen LogP contribution in [-0.2, 0) is 25.6 Å². The monoisotopic (exact) mass is 552 g/mol. The Morgan fingerprint density at radius 2 is 1.45 bits per heavy atom. The predicted molar refractivity (Wildman–Crippen MR) is 163 cm³/mol. The van der Waals surface area contributed by atoms with Crippen molar-refractivity contribution in [1.82, 2.24) is 0 Å². The van der Waals surface area contributed by atoms with Gasteiger partial charge >= 0.3 is 0 Å². The van der Waals surface area contributed by atoms with Crippen molar-refractivity contribution >= 4 is 34.5 Å². The number of ketones is 5. The molecule has 0 radical (unpaired) electrons. The normalized spacial score (nSPS) is 16.0. The summed E-state index contributed by atoms with van der Waals surface area (Å²) in [5.41, 5.74) is 1.10. The Morgan fingerprint density at radius 3 is 1.93 bits per heavy atom. The van der Waals surface area contributed by atoms with E-state index in [4.69, 9.17) is 0 Å². The van der Waals surface area contributed by atoms with Crippen LogP contribution in [0.1, 0.15) is 129 Å². The molecule has 222 valence electrons. The number of Topliss-reactive ketones (excluding diaryl/α,β-unsaturated/α-hetero) is 5. The summed E-state index contributed by atoms with van der Waals surface area (Å²) in [5.74, 6) is -1.26. The van der Waals surface area contributed by atoms with Crippen molar-refractivity contribution in [2.45, 2.75) is 114 Å². The molecule has 40 heavy (non-hydrogen) atoms. The Kier molecular flexibility index (Phi) is 13.1. The lowest BCUT2D eigenvalue weighted by Gasteiger charge is -2.41. The molecular formula is C35H52O5. The number of benzene rings is 1. The number of aryl methyl sites for hydroxylation is 1. The number of rotatable bonds is 18. The summed E-state index contributed by atoms with van der Waals surface area (Å²) < 4.78 is 0. The number of carbonyl (C=O) groups excluding carboxylic acids is 5. The van der Waals surface area contributed by atoms with E-state index < -0.39 is 22.7 Å². The van der Waals surface area contributed by atoms with Crippen LogP contribution in [0.15, 0.2) is 24.8 Å². The molecule has 0 aliphatic rings. The molecule has 0 saturated carbocycles. The molecule has 4 atom stereocenters. The third-order valence-electron chi connectivity index (χ3n) is 9.13. The fourth-order valence-electron chi connectivity index (χ4n) is 5.63. The van der Waals surface area contributed by atoms with Gasteiger partial charge in [-0.15, -0.1) is 0 Å². The van der Waals surface area contributed by atoms with Crippen LogP contribution in [0.3, 0.4) is 0 Å². The largest absolute Gasteiger partial charge is 0.300 e. The first-order valence-electron chi connectivity index (χ1n) is 14.9. The number of allylic oxidation sites excluding steroid dienone is 1. The topological polar surface area (TPSA) is 85.3 Å². The maximum absolute atomic E-state index is 14.5. The average molecular weight is 553 g/mol. The minimum atomic E-state index is -1.06. The van der Waals surface area contributed by atoms with Gasteiger partial charge < -0.3 is 0 Å². The van der Waals surface area contributed by atoms with Crippen molar-refractivity contribution in [3.05, 3.63) is 41.5 Å². The summed E-state index contributed by atoms with van der Waals surface area (Å²) in [6.45, 7) is 22.2. The van der Waals surface area contributed by atoms with Gasteiger partial charge in [-0.05, 0) is 56.2 Å². The van der Waals surface area contributed by atoms with Gasteiger partial charge in [0.25, 0.3) is 0 Å². The average Bonchev–Trinajstić information content (AvgIpc) is 2.91. The molecule has 5 nitrogen and oxygen atoms in total. The lowest BCUT2D eigenvalue weighted by atomic mass is 9.59. The van der Waals surface area contributed by atoms with E-state index in [1.165, 1.54) is 6.92 Å². The van der Waals surface area contributed by atoms with E-state index in [1.807, 2.05) is 52.8 Å². The summed E-state index contributed by atoms with van der Waals surface area (Å²) in [5, 5.41) is 0. The molecule has 0 bridgehead atoms. The van der Waals surface area contributed by atoms with E-state index >= 15 is 0 Å². The minimum Gasteiger partial charge on any atom is -0.300 e. The third-order valence-corrected chi connectivity index (χ3v) is 9.13. The molecule has 0 heterocycles. The number of hydrogen-bond donors (Lipinski definition) is 0. The zero-order valence-electron chi connectivity index (χ0n) is 26.7. The summed E-state index contributed by atoms with van der Waals surface area (Å²) in [4.78, 5) is 65.9. The number of carbonyl (C=O) groups is 5. The standard InChI is InChI=1S/C35H52O5/c1-12-29(37)17-19-34(10,32(39)13-2)25(8)33(40)35(11,24(7)31(38)20-22(3)4)18-16-27-14-15-28(23(5)6)21-30(27)26(9)36/h14-15,21-22,24-25H,5,12-13,16-20H2,1-4,6-11H3. The van der Waals surface area contributed by atoms with Crippen LogP contribution in [0.4, 0.5) is 0 Å². The molecular weight excluding hydrogens is 500 g/mol. The number of hydrogen-bond acceptors (Lipinski definition) is 5. The summed E-state index contributed by atoms with van der Waals surface area (Å²) in [7, 11) is 0. The van der Waals surface area contributed by atoms with Crippen molar-refractivity contribution in [2.24, 2.45) is 28.6 Å². The zero-order valence-corrected chi connectivity index (χ0v) is 26.7. The molecule has 0 aliphatic heterocycles. The highest BCUT2D eigenvalue weighted by atomic mass is 16.1. The smallest absolute Gasteiger partial charge is 0.160 e. The first kappa shape index (κ1) is 35.3. The maximum Gasteiger partial charge on any atom is 0.160 e. The van der Waals surface area contributed by atoms with Gasteiger partial charge in [-0.2, -0.15) is 0 Å². The predicted octanol–water partition coefficient (Wildman–Crippen LogP) is 8.06. The maximum atomic E-state index is 14.5. The van der Waals surface area contributed by atoms with Crippen molar-refractivity contribution in [2.75, 3.05) is 0 Å². The first-order valence-corrected chi connectivity index (χ1v) is 14.9. The van der Waals surface area contributed by atoms with E-state index in [-0.39, 0.29) is 47.7 Å². The van der Waals surface area contributed by atoms with Crippen LogP contribution in [0, 0.1) is 28.6 Å². The van der Waals surface area contributed by atoms with Gasteiger partial charge in [0, 0.05) is 53.9 Å². The van der Waals surface area contributed by atoms with Crippen LogP contribution < -0.4 is 0 Å². The van der Waals surface area contributed by atoms with E-state index in [9.17, 15) is 24.0 Å². The van der Waals surface area contributed by atoms with Gasteiger partial charge in [-0.3, -0.25) is 24.0 Å². The fourth-order valence-corrected chi connectivity index (χ4v) is 5.63. The zero-order chi connectivity index (χ0) is 31.0. The quantitative estimate of drug-likeness (QED) is 0.172. The fraction of sp³-hybridized carbons (Fsp3) is 0.629. The van der Waals surface area contributed by atoms with Gasteiger partial charge in [0.15, 0.2) is 5.78 Å². The molecule has 0 amide bonds. The second kappa shape index (κ2) is 14.8. The summed E-state index contributed by atoms with van der Waals surface area (Å²) >= 11 is 0. The molecule has 0 saturated heterocycles. The first-order chi connectivity index (χ1) is 18.5. The highest BCUT2D eigenvalue weighted by Gasteiger charge is 2.50. The minimum absolute atomic E-state index is 0.0205. The van der Waals surface area contributed by atoms with Crippen LogP contribution in [0.5, 0.6) is 0 Å². The highest BCUT2D eigenvalue weighted by molar-refractivity contribution is 5.98. The lowest BCUT2D eigenvalue weighted by molar-refractivity contribution is -0.149. The Bertz CT molecular complexity index is 1130. The summed E-state index contributed by atoms with van der Waals surface area (Å²) in [6.07, 6.45) is 2.36. The Morgan fingerprint density at radius 1 is 0.850 bits per heavy atom. The van der Waals surface area contributed by atoms with E-state index in [1.54, 1.807) is 27.7 Å². The van der Waals surface area contributed by atoms with Crippen molar-refractivity contribution in [3.63, 3.8) is 0 Å². The van der Waals surface area contributed by atoms with Gasteiger partial charge in [0.05, 0.1) is 0 Å². The van der Waals surface area contributed by atoms with Crippen LogP contribution in [0.25, 0.3) is 5.57 Å². The van der Waals surface area contributed by atoms with Crippen LogP contribution in [0.2, 0.25) is 0 Å². The molecule has 1 rings (SSSR count). The molecule has 4 unspecified atom stereocenters. The van der Waals surface area contributed by atoms with Crippen molar-refractivity contribution < 1.29 is 24.0 Å². The second-order valence-corrected chi connectivity index (χ2v) is 12.6. The Labute approximate surface area is 242 Å². The second-order valence-electron chi connectivity index (χ2n) is 12.6. The van der Waals surface area contributed by atoms with Gasteiger partial charge in [-0.1, -0.05) is 79.7 Å². The van der Waals surface area contributed by atoms with Gasteiger partial charge in [0.2, 0.25) is 0 Å². The molecule has 1 aromatic rings. The van der Waals surface area contributed by atoms with Gasteiger partial charge in [0.1, 0.15) is 23.1 Å². The highest BCUT2D eigenvalue weighted by Crippen LogP contribution is 2.45. The SMILES string of the molecule is C=C(C)c1ccc(CCC(C)(C(=O)C(C)C(C)(CCC(=O)CC)C(=O)CC)C(C)C(=O)CC(C)C)c(C(C)=O)c1. The van der Waals surface area contributed by atoms with E-state index in [0.29, 0.717) is 37.7 Å². The van der Waals surface area contributed by atoms with Crippen LogP contribution in [-0.4, -0.2) is 28.9 Å². The van der Waals surface area contributed by atoms with E-state index in [0.717, 1.165) is 16.7 Å². The van der Waals surface area contributed by atoms with Crippen LogP contribution >= 0.6 is 0 Å². The Hall–Kier alpha value is -2.69. The molecule has 0 fully saturated rings. The summed E-state index contributed by atoms with van der Waals surface area (Å²) in [6, 6.07) is 5.69. The van der Waals surface area contributed by atoms with E-state index in [2.05, 4.69) is 6.58 Å². The lowest BCUT2D eigenvalue weighted by Crippen LogP contribution is -2.48.